The molecule has 0 amide bonds. The second kappa shape index (κ2) is 5.46. The van der Waals surface area contributed by atoms with Gasteiger partial charge in [-0.3, -0.25) is 0 Å². The predicted molar refractivity (Wildman–Crippen MR) is 69.4 cm³/mol. The van der Waals surface area contributed by atoms with Crippen molar-refractivity contribution in [1.29, 1.82) is 0 Å². The van der Waals surface area contributed by atoms with E-state index in [-0.39, 0.29) is 6.10 Å². The maximum Gasteiger partial charge on any atom is 0.0922 e. The van der Waals surface area contributed by atoms with Gasteiger partial charge in [0, 0.05) is 9.80 Å². The van der Waals surface area contributed by atoms with Crippen LogP contribution in [-0.4, -0.2) is 11.9 Å². The number of hydrogen-bond donors (Lipinski definition) is 0. The number of halogens is 2. The Morgan fingerprint density at radius 2 is 2.20 bits per heavy atom. The molecule has 1 aromatic rings. The highest BCUT2D eigenvalue weighted by atomic mass is 79.9. The Kier molecular flexibility index (Phi) is 4.23. The highest BCUT2D eigenvalue weighted by Gasteiger charge is 2.23. The third kappa shape index (κ3) is 3.58. The van der Waals surface area contributed by atoms with Gasteiger partial charge >= 0.3 is 0 Å². The molecule has 1 unspecified atom stereocenters. The summed E-state index contributed by atoms with van der Waals surface area (Å²) < 4.78 is 7.00. The van der Waals surface area contributed by atoms with Gasteiger partial charge in [-0.05, 0) is 36.5 Å². The average molecular weight is 334 g/mol. The van der Waals surface area contributed by atoms with Crippen molar-refractivity contribution in [3.63, 3.8) is 0 Å². The zero-order chi connectivity index (χ0) is 10.7. The number of alkyl halides is 1. The summed E-state index contributed by atoms with van der Waals surface area (Å²) in [5, 5.41) is 0.857. The van der Waals surface area contributed by atoms with E-state index >= 15 is 0 Å². The maximum absolute atomic E-state index is 5.89. The molecular weight excluding hydrogens is 320 g/mol. The van der Waals surface area contributed by atoms with E-state index in [1.54, 1.807) is 0 Å². The van der Waals surface area contributed by atoms with Crippen molar-refractivity contribution >= 4 is 31.9 Å². The van der Waals surface area contributed by atoms with Crippen LogP contribution in [0.25, 0.3) is 0 Å². The van der Waals surface area contributed by atoms with E-state index in [9.17, 15) is 0 Å². The number of rotatable bonds is 5. The largest absolute Gasteiger partial charge is 0.372 e. The minimum atomic E-state index is 0.183. The minimum Gasteiger partial charge on any atom is -0.372 e. The molecule has 82 valence electrons. The Labute approximate surface area is 107 Å². The van der Waals surface area contributed by atoms with Crippen molar-refractivity contribution in [3.05, 3.63) is 34.3 Å². The summed E-state index contributed by atoms with van der Waals surface area (Å²) in [6, 6.07) is 8.33. The first-order valence-corrected chi connectivity index (χ1v) is 7.14. The van der Waals surface area contributed by atoms with Gasteiger partial charge in [-0.2, -0.15) is 0 Å². The number of hydrogen-bond acceptors (Lipinski definition) is 1. The van der Waals surface area contributed by atoms with Gasteiger partial charge in [-0.25, -0.2) is 0 Å². The Morgan fingerprint density at radius 1 is 1.40 bits per heavy atom. The molecule has 0 bridgehead atoms. The van der Waals surface area contributed by atoms with Gasteiger partial charge in [0.25, 0.3) is 0 Å². The third-order valence-corrected chi connectivity index (χ3v) is 3.67. The van der Waals surface area contributed by atoms with Gasteiger partial charge in [-0.1, -0.05) is 44.0 Å². The lowest BCUT2D eigenvalue weighted by atomic mass is 10.1. The van der Waals surface area contributed by atoms with Crippen LogP contribution >= 0.6 is 31.9 Å². The first-order chi connectivity index (χ1) is 7.29. The Hall–Kier alpha value is 0.140. The molecule has 3 heteroatoms. The molecule has 1 aromatic carbocycles. The standard InChI is InChI=1S/C12H14Br2O/c13-7-12(15-8-9-4-5-9)10-2-1-3-11(14)6-10/h1-3,6,9,12H,4-5,7-8H2. The molecule has 0 aromatic heterocycles. The first-order valence-electron chi connectivity index (χ1n) is 5.22. The van der Waals surface area contributed by atoms with E-state index in [1.807, 2.05) is 6.07 Å². The fourth-order valence-corrected chi connectivity index (χ4v) is 2.45. The maximum atomic E-state index is 5.89. The highest BCUT2D eigenvalue weighted by Crippen LogP contribution is 2.32. The van der Waals surface area contributed by atoms with Crippen molar-refractivity contribution in [1.82, 2.24) is 0 Å². The number of benzene rings is 1. The van der Waals surface area contributed by atoms with Crippen LogP contribution in [0.4, 0.5) is 0 Å². The van der Waals surface area contributed by atoms with Gasteiger partial charge in [0.1, 0.15) is 0 Å². The van der Waals surface area contributed by atoms with Gasteiger partial charge in [0.2, 0.25) is 0 Å². The van der Waals surface area contributed by atoms with Gasteiger partial charge in [0.05, 0.1) is 12.7 Å². The van der Waals surface area contributed by atoms with Crippen LogP contribution in [0.3, 0.4) is 0 Å². The molecule has 0 heterocycles. The lowest BCUT2D eigenvalue weighted by molar-refractivity contribution is 0.0618. The Balaban J connectivity index is 1.97. The van der Waals surface area contributed by atoms with Gasteiger partial charge in [-0.15, -0.1) is 0 Å². The summed E-state index contributed by atoms with van der Waals surface area (Å²) in [4.78, 5) is 0. The third-order valence-electron chi connectivity index (χ3n) is 2.59. The van der Waals surface area contributed by atoms with E-state index in [1.165, 1.54) is 18.4 Å². The molecule has 1 saturated carbocycles. The Morgan fingerprint density at radius 3 is 2.80 bits per heavy atom. The van der Waals surface area contributed by atoms with E-state index < -0.39 is 0 Å². The van der Waals surface area contributed by atoms with E-state index in [4.69, 9.17) is 4.74 Å². The van der Waals surface area contributed by atoms with Crippen LogP contribution in [0.5, 0.6) is 0 Å². The summed E-state index contributed by atoms with van der Waals surface area (Å²) in [6.45, 7) is 0.906. The number of ether oxygens (including phenoxy) is 1. The molecule has 1 aliphatic carbocycles. The quantitative estimate of drug-likeness (QED) is 0.729. The summed E-state index contributed by atoms with van der Waals surface area (Å²) in [7, 11) is 0. The molecule has 0 radical (unpaired) electrons. The lowest BCUT2D eigenvalue weighted by Crippen LogP contribution is -2.08. The minimum absolute atomic E-state index is 0.183. The second-order valence-corrected chi connectivity index (χ2v) is 5.54. The molecule has 1 aliphatic rings. The van der Waals surface area contributed by atoms with Crippen LogP contribution in [0, 0.1) is 5.92 Å². The van der Waals surface area contributed by atoms with E-state index in [2.05, 4.69) is 50.1 Å². The van der Waals surface area contributed by atoms with Gasteiger partial charge < -0.3 is 4.74 Å². The monoisotopic (exact) mass is 332 g/mol. The zero-order valence-corrected chi connectivity index (χ0v) is 11.6. The van der Waals surface area contributed by atoms with Crippen molar-refractivity contribution < 1.29 is 4.74 Å². The van der Waals surface area contributed by atoms with Crippen LogP contribution in [0.2, 0.25) is 0 Å². The summed E-state index contributed by atoms with van der Waals surface area (Å²) in [5.41, 5.74) is 1.24. The smallest absolute Gasteiger partial charge is 0.0922 e. The summed E-state index contributed by atoms with van der Waals surface area (Å²) in [5.74, 6) is 0.818. The molecular formula is C12H14Br2O. The van der Waals surface area contributed by atoms with E-state index in [0.29, 0.717) is 0 Å². The topological polar surface area (TPSA) is 9.23 Å². The van der Waals surface area contributed by atoms with Gasteiger partial charge in [0.15, 0.2) is 0 Å². The summed E-state index contributed by atoms with van der Waals surface area (Å²) >= 11 is 6.99. The van der Waals surface area contributed by atoms with Crippen LogP contribution in [0.15, 0.2) is 28.7 Å². The highest BCUT2D eigenvalue weighted by molar-refractivity contribution is 9.10. The van der Waals surface area contributed by atoms with E-state index in [0.717, 1.165) is 22.3 Å². The van der Waals surface area contributed by atoms with Crippen LogP contribution < -0.4 is 0 Å². The lowest BCUT2D eigenvalue weighted by Gasteiger charge is -2.15. The molecule has 2 rings (SSSR count). The molecule has 0 saturated heterocycles. The zero-order valence-electron chi connectivity index (χ0n) is 8.46. The van der Waals surface area contributed by atoms with Crippen molar-refractivity contribution in [2.24, 2.45) is 5.92 Å². The van der Waals surface area contributed by atoms with Crippen molar-refractivity contribution in [3.8, 4) is 0 Å². The Bertz CT molecular complexity index is 323. The normalized spacial score (nSPS) is 17.7. The molecule has 15 heavy (non-hydrogen) atoms. The van der Waals surface area contributed by atoms with Crippen molar-refractivity contribution in [2.45, 2.75) is 18.9 Å². The summed E-state index contributed by atoms with van der Waals surface area (Å²) in [6.07, 6.45) is 2.86. The molecule has 0 spiro atoms. The average Bonchev–Trinajstić information content (AvgIpc) is 3.03. The molecule has 0 aliphatic heterocycles. The van der Waals surface area contributed by atoms with Crippen molar-refractivity contribution in [2.75, 3.05) is 11.9 Å². The molecule has 1 nitrogen and oxygen atoms in total. The molecule has 0 N–H and O–H groups in total. The fraction of sp³-hybridized carbons (Fsp3) is 0.500. The second-order valence-electron chi connectivity index (χ2n) is 3.97. The first kappa shape index (κ1) is 11.6. The fourth-order valence-electron chi connectivity index (χ4n) is 1.47. The molecule has 1 fully saturated rings. The predicted octanol–water partition coefficient (Wildman–Crippen LogP) is 4.31. The molecule has 1 atom stereocenters. The SMILES string of the molecule is BrCC(OCC1CC1)c1cccc(Br)c1. The van der Waals surface area contributed by atoms with Crippen LogP contribution in [0.1, 0.15) is 24.5 Å². The van der Waals surface area contributed by atoms with Crippen LogP contribution in [-0.2, 0) is 4.74 Å².